The number of carbonyl (C=O) groups is 1. The zero-order valence-electron chi connectivity index (χ0n) is 11.9. The molecule has 0 bridgehead atoms. The molecule has 0 saturated heterocycles. The van der Waals surface area contributed by atoms with Gasteiger partial charge >= 0.3 is 5.97 Å². The molecule has 0 aromatic carbocycles. The molecule has 0 saturated carbocycles. The first kappa shape index (κ1) is 16.6. The van der Waals surface area contributed by atoms with E-state index in [9.17, 15) is 13.2 Å². The molecule has 0 aliphatic heterocycles. The molecular formula is C12H21N3O4S. The summed E-state index contributed by atoms with van der Waals surface area (Å²) in [4.78, 5) is 10.8. The van der Waals surface area contributed by atoms with Crippen LogP contribution in [0.5, 0.6) is 0 Å². The number of sulfonamides is 1. The lowest BCUT2D eigenvalue weighted by Gasteiger charge is -2.17. The number of hydrogen-bond donors (Lipinski definition) is 2. The Balaban J connectivity index is 2.68. The van der Waals surface area contributed by atoms with Crippen LogP contribution in [0.3, 0.4) is 0 Å². The SMILES string of the molecule is CC(C)C[C@H](CNS(=O)(=O)c1ccn(C)n1)CC(=O)O. The lowest BCUT2D eigenvalue weighted by atomic mass is 9.94. The number of hydrogen-bond acceptors (Lipinski definition) is 4. The third-order valence-corrected chi connectivity index (χ3v) is 4.11. The first-order chi connectivity index (χ1) is 9.20. The summed E-state index contributed by atoms with van der Waals surface area (Å²) in [5.41, 5.74) is 0. The Morgan fingerprint density at radius 1 is 1.50 bits per heavy atom. The highest BCUT2D eigenvalue weighted by Gasteiger charge is 2.21. The number of aromatic nitrogens is 2. The number of aliphatic carboxylic acids is 1. The minimum atomic E-state index is -3.68. The van der Waals surface area contributed by atoms with E-state index in [-0.39, 0.29) is 23.9 Å². The Morgan fingerprint density at radius 2 is 2.15 bits per heavy atom. The largest absolute Gasteiger partial charge is 0.481 e. The highest BCUT2D eigenvalue weighted by molar-refractivity contribution is 7.89. The number of carboxylic acids is 1. The summed E-state index contributed by atoms with van der Waals surface area (Å²) in [6.45, 7) is 4.05. The first-order valence-electron chi connectivity index (χ1n) is 6.42. The van der Waals surface area contributed by atoms with Crippen LogP contribution < -0.4 is 4.72 Å². The van der Waals surface area contributed by atoms with Gasteiger partial charge in [-0.05, 0) is 24.3 Å². The molecule has 0 aliphatic carbocycles. The fraction of sp³-hybridized carbons (Fsp3) is 0.667. The van der Waals surface area contributed by atoms with Crippen molar-refractivity contribution in [1.82, 2.24) is 14.5 Å². The van der Waals surface area contributed by atoms with Gasteiger partial charge in [-0.2, -0.15) is 5.10 Å². The summed E-state index contributed by atoms with van der Waals surface area (Å²) in [7, 11) is -2.05. The van der Waals surface area contributed by atoms with Crippen molar-refractivity contribution >= 4 is 16.0 Å². The Hall–Kier alpha value is -1.41. The quantitative estimate of drug-likeness (QED) is 0.741. The minimum Gasteiger partial charge on any atom is -0.481 e. The Labute approximate surface area is 119 Å². The van der Waals surface area contributed by atoms with E-state index in [0.717, 1.165) is 0 Å². The zero-order chi connectivity index (χ0) is 15.3. The average Bonchev–Trinajstić information content (AvgIpc) is 2.72. The molecule has 0 amide bonds. The van der Waals surface area contributed by atoms with E-state index in [1.165, 1.54) is 16.9 Å². The van der Waals surface area contributed by atoms with Crippen molar-refractivity contribution in [3.05, 3.63) is 12.3 Å². The molecule has 1 heterocycles. The molecule has 114 valence electrons. The van der Waals surface area contributed by atoms with Gasteiger partial charge in [0.1, 0.15) is 0 Å². The molecule has 1 aromatic heterocycles. The van der Waals surface area contributed by atoms with Crippen LogP contribution in [0, 0.1) is 11.8 Å². The smallest absolute Gasteiger partial charge is 0.303 e. The van der Waals surface area contributed by atoms with Crippen LogP contribution in [-0.2, 0) is 21.9 Å². The molecule has 1 atom stereocenters. The van der Waals surface area contributed by atoms with Gasteiger partial charge in [-0.1, -0.05) is 13.8 Å². The van der Waals surface area contributed by atoms with Crippen LogP contribution in [0.15, 0.2) is 17.3 Å². The monoisotopic (exact) mass is 303 g/mol. The standard InChI is InChI=1S/C12H21N3O4S/c1-9(2)6-10(7-12(16)17)8-13-20(18,19)11-4-5-15(3)14-11/h4-5,9-10,13H,6-8H2,1-3H3,(H,16,17)/t10-/m0/s1. The summed E-state index contributed by atoms with van der Waals surface area (Å²) >= 11 is 0. The van der Waals surface area contributed by atoms with E-state index in [0.29, 0.717) is 12.3 Å². The molecule has 8 heteroatoms. The van der Waals surface area contributed by atoms with Crippen LogP contribution in [0.1, 0.15) is 26.7 Å². The second-order valence-electron chi connectivity index (χ2n) is 5.27. The van der Waals surface area contributed by atoms with Crippen LogP contribution in [0.25, 0.3) is 0 Å². The highest BCUT2D eigenvalue weighted by atomic mass is 32.2. The highest BCUT2D eigenvalue weighted by Crippen LogP contribution is 2.16. The predicted molar refractivity (Wildman–Crippen MR) is 73.6 cm³/mol. The molecule has 1 rings (SSSR count). The number of aryl methyl sites for hydroxylation is 1. The molecular weight excluding hydrogens is 282 g/mol. The predicted octanol–water partition coefficient (Wildman–Crippen LogP) is 0.835. The van der Waals surface area contributed by atoms with E-state index in [2.05, 4.69) is 9.82 Å². The maximum absolute atomic E-state index is 12.0. The number of carboxylic acid groups (broad SMARTS) is 1. The van der Waals surface area contributed by atoms with Crippen molar-refractivity contribution < 1.29 is 18.3 Å². The lowest BCUT2D eigenvalue weighted by Crippen LogP contribution is -2.31. The van der Waals surface area contributed by atoms with Gasteiger partial charge in [-0.3, -0.25) is 9.48 Å². The van der Waals surface area contributed by atoms with Crippen LogP contribution in [0.2, 0.25) is 0 Å². The van der Waals surface area contributed by atoms with Gasteiger partial charge in [0.2, 0.25) is 0 Å². The van der Waals surface area contributed by atoms with Gasteiger partial charge in [0, 0.05) is 26.2 Å². The summed E-state index contributed by atoms with van der Waals surface area (Å²) in [6.07, 6.45) is 2.14. The Kier molecular flexibility index (Phi) is 5.70. The number of rotatable bonds is 8. The summed E-state index contributed by atoms with van der Waals surface area (Å²) < 4.78 is 27.8. The topological polar surface area (TPSA) is 101 Å². The van der Waals surface area contributed by atoms with Gasteiger partial charge in [0.05, 0.1) is 0 Å². The molecule has 0 spiro atoms. The Bertz CT molecular complexity index is 551. The van der Waals surface area contributed by atoms with Crippen molar-refractivity contribution in [2.24, 2.45) is 18.9 Å². The molecule has 0 radical (unpaired) electrons. The fourth-order valence-corrected chi connectivity index (χ4v) is 3.07. The van der Waals surface area contributed by atoms with Gasteiger partial charge < -0.3 is 5.11 Å². The van der Waals surface area contributed by atoms with Crippen molar-refractivity contribution in [3.8, 4) is 0 Å². The number of nitrogens with one attached hydrogen (secondary N) is 1. The van der Waals surface area contributed by atoms with Crippen molar-refractivity contribution in [2.75, 3.05) is 6.54 Å². The lowest BCUT2D eigenvalue weighted by molar-refractivity contribution is -0.138. The summed E-state index contributed by atoms with van der Waals surface area (Å²) in [5.74, 6) is -0.850. The molecule has 0 unspecified atom stereocenters. The van der Waals surface area contributed by atoms with Gasteiger partial charge in [-0.25, -0.2) is 13.1 Å². The van der Waals surface area contributed by atoms with Gasteiger partial charge in [0.15, 0.2) is 5.03 Å². The molecule has 0 fully saturated rings. The molecule has 7 nitrogen and oxygen atoms in total. The maximum Gasteiger partial charge on any atom is 0.303 e. The third kappa shape index (κ3) is 5.30. The third-order valence-electron chi connectivity index (χ3n) is 2.79. The molecule has 0 aliphatic rings. The van der Waals surface area contributed by atoms with Gasteiger partial charge in [-0.15, -0.1) is 0 Å². The Morgan fingerprint density at radius 3 is 2.60 bits per heavy atom. The van der Waals surface area contributed by atoms with E-state index < -0.39 is 16.0 Å². The van der Waals surface area contributed by atoms with Crippen LogP contribution >= 0.6 is 0 Å². The van der Waals surface area contributed by atoms with E-state index >= 15 is 0 Å². The van der Waals surface area contributed by atoms with Gasteiger partial charge in [0.25, 0.3) is 10.0 Å². The maximum atomic E-state index is 12.0. The normalized spacial score (nSPS) is 13.6. The van der Waals surface area contributed by atoms with Crippen LogP contribution in [-0.4, -0.2) is 35.8 Å². The molecule has 2 N–H and O–H groups in total. The van der Waals surface area contributed by atoms with E-state index in [4.69, 9.17) is 5.11 Å². The second kappa shape index (κ2) is 6.85. The second-order valence-corrected chi connectivity index (χ2v) is 6.99. The van der Waals surface area contributed by atoms with Crippen molar-refractivity contribution in [1.29, 1.82) is 0 Å². The number of nitrogens with zero attached hydrogens (tertiary/aromatic N) is 2. The van der Waals surface area contributed by atoms with Crippen molar-refractivity contribution in [2.45, 2.75) is 31.7 Å². The van der Waals surface area contributed by atoms with Crippen LogP contribution in [0.4, 0.5) is 0 Å². The molecule has 1 aromatic rings. The first-order valence-corrected chi connectivity index (χ1v) is 7.90. The van der Waals surface area contributed by atoms with E-state index in [1.54, 1.807) is 7.05 Å². The van der Waals surface area contributed by atoms with E-state index in [1.807, 2.05) is 13.8 Å². The summed E-state index contributed by atoms with van der Waals surface area (Å²) in [6, 6.07) is 1.40. The molecule has 20 heavy (non-hydrogen) atoms. The summed E-state index contributed by atoms with van der Waals surface area (Å²) in [5, 5.41) is 12.6. The van der Waals surface area contributed by atoms with Crippen molar-refractivity contribution in [3.63, 3.8) is 0 Å². The minimum absolute atomic E-state index is 0.0527. The zero-order valence-corrected chi connectivity index (χ0v) is 12.7. The fourth-order valence-electron chi connectivity index (χ4n) is 1.99. The average molecular weight is 303 g/mol.